The maximum absolute atomic E-state index is 12.4. The van der Waals surface area contributed by atoms with Crippen LogP contribution in [0.2, 0.25) is 0 Å². The number of aryl methyl sites for hydroxylation is 1. The molecule has 2 N–H and O–H groups in total. The molecule has 0 fully saturated rings. The molecule has 1 amide bonds. The number of amides is 1. The molecule has 3 heterocycles. The minimum atomic E-state index is -0.176. The van der Waals surface area contributed by atoms with Crippen LogP contribution in [0.5, 0.6) is 5.75 Å². The number of aromatic nitrogens is 4. The fourth-order valence-corrected chi connectivity index (χ4v) is 2.87. The number of aromatic amines is 1. The van der Waals surface area contributed by atoms with Gasteiger partial charge in [-0.1, -0.05) is 12.1 Å². The molecule has 0 saturated carbocycles. The highest BCUT2D eigenvalue weighted by Gasteiger charge is 2.25. The van der Waals surface area contributed by atoms with Crippen LogP contribution in [0.15, 0.2) is 36.7 Å². The summed E-state index contributed by atoms with van der Waals surface area (Å²) in [5, 5.41) is 10.1. The van der Waals surface area contributed by atoms with Crippen molar-refractivity contribution < 1.29 is 9.53 Å². The molecular weight excluding hydrogens is 306 g/mol. The highest BCUT2D eigenvalue weighted by atomic mass is 16.5. The summed E-state index contributed by atoms with van der Waals surface area (Å²) < 4.78 is 7.71. The third-order valence-corrected chi connectivity index (χ3v) is 4.17. The summed E-state index contributed by atoms with van der Waals surface area (Å²) in [7, 11) is 0. The van der Waals surface area contributed by atoms with E-state index in [2.05, 4.69) is 20.5 Å². The Labute approximate surface area is 138 Å². The molecule has 0 atom stereocenters. The van der Waals surface area contributed by atoms with Crippen LogP contribution in [-0.2, 0) is 13.2 Å². The predicted octanol–water partition coefficient (Wildman–Crippen LogP) is 1.90. The predicted molar refractivity (Wildman–Crippen MR) is 87.7 cm³/mol. The van der Waals surface area contributed by atoms with Crippen molar-refractivity contribution in [3.05, 3.63) is 53.7 Å². The Balaban J connectivity index is 1.49. The van der Waals surface area contributed by atoms with Crippen LogP contribution in [0.3, 0.4) is 0 Å². The molecule has 1 aromatic carbocycles. The van der Waals surface area contributed by atoms with Gasteiger partial charge in [-0.05, 0) is 19.1 Å². The number of para-hydroxylation sites is 1. The molecule has 0 spiro atoms. The molecule has 4 rings (SSSR count). The third-order valence-electron chi connectivity index (χ3n) is 4.17. The zero-order valence-corrected chi connectivity index (χ0v) is 13.2. The Morgan fingerprint density at radius 2 is 2.29 bits per heavy atom. The van der Waals surface area contributed by atoms with Crippen LogP contribution in [0.4, 0.5) is 0 Å². The van der Waals surface area contributed by atoms with Gasteiger partial charge < -0.3 is 14.6 Å². The molecule has 0 radical (unpaired) electrons. The molecule has 1 aliphatic rings. The lowest BCUT2D eigenvalue weighted by molar-refractivity contribution is 0.0944. The Hall–Kier alpha value is -3.09. The second kappa shape index (κ2) is 5.84. The van der Waals surface area contributed by atoms with Crippen LogP contribution in [0.1, 0.15) is 21.9 Å². The summed E-state index contributed by atoms with van der Waals surface area (Å²) in [4.78, 5) is 16.6. The first-order valence-electron chi connectivity index (χ1n) is 7.79. The number of benzene rings is 1. The van der Waals surface area contributed by atoms with E-state index in [0.29, 0.717) is 25.4 Å². The fraction of sp³-hybridized carbons (Fsp3) is 0.235. The number of rotatable bonds is 4. The van der Waals surface area contributed by atoms with Gasteiger partial charge in [-0.3, -0.25) is 9.89 Å². The van der Waals surface area contributed by atoms with Gasteiger partial charge in [-0.2, -0.15) is 5.10 Å². The summed E-state index contributed by atoms with van der Waals surface area (Å²) >= 11 is 0. The SMILES string of the molecule is Cc1nccn1CCNC(=O)c1[nH]nc2c1COc1ccccc1-2. The maximum atomic E-state index is 12.4. The largest absolute Gasteiger partial charge is 0.488 e. The van der Waals surface area contributed by atoms with Gasteiger partial charge in [0.1, 0.15) is 29.6 Å². The summed E-state index contributed by atoms with van der Waals surface area (Å²) in [6.07, 6.45) is 3.64. The highest BCUT2D eigenvalue weighted by Crippen LogP contribution is 2.36. The van der Waals surface area contributed by atoms with Gasteiger partial charge in [-0.15, -0.1) is 0 Å². The van der Waals surface area contributed by atoms with E-state index < -0.39 is 0 Å². The van der Waals surface area contributed by atoms with Crippen molar-refractivity contribution in [1.29, 1.82) is 0 Å². The lowest BCUT2D eigenvalue weighted by Gasteiger charge is -2.17. The van der Waals surface area contributed by atoms with E-state index in [1.54, 1.807) is 6.20 Å². The molecule has 0 aliphatic carbocycles. The van der Waals surface area contributed by atoms with Crippen LogP contribution in [-0.4, -0.2) is 32.2 Å². The Bertz CT molecular complexity index is 896. The number of carbonyl (C=O) groups excluding carboxylic acids is 1. The minimum Gasteiger partial charge on any atom is -0.488 e. The standard InChI is InChI=1S/C17H17N5O2/c1-11-18-6-8-22(11)9-7-19-17(23)16-13-10-24-14-5-3-2-4-12(14)15(13)20-21-16/h2-6,8H,7,9-10H2,1H3,(H,19,23)(H,20,21). The quantitative estimate of drug-likeness (QED) is 0.768. The number of fused-ring (bicyclic) bond motifs is 3. The second-order valence-electron chi connectivity index (χ2n) is 5.63. The number of H-pyrrole nitrogens is 1. The van der Waals surface area contributed by atoms with Gasteiger partial charge in [0.2, 0.25) is 0 Å². The first kappa shape index (κ1) is 14.5. The minimum absolute atomic E-state index is 0.176. The van der Waals surface area contributed by atoms with E-state index in [-0.39, 0.29) is 5.91 Å². The number of nitrogens with zero attached hydrogens (tertiary/aromatic N) is 3. The molecule has 3 aromatic rings. The molecule has 1 aliphatic heterocycles. The van der Waals surface area contributed by atoms with E-state index in [1.807, 2.05) is 42.0 Å². The fourth-order valence-electron chi connectivity index (χ4n) is 2.87. The van der Waals surface area contributed by atoms with Crippen LogP contribution in [0, 0.1) is 6.92 Å². The number of hydrogen-bond acceptors (Lipinski definition) is 4. The van der Waals surface area contributed by atoms with Crippen molar-refractivity contribution in [2.75, 3.05) is 6.54 Å². The molecular formula is C17H17N5O2. The molecule has 0 unspecified atom stereocenters. The van der Waals surface area contributed by atoms with E-state index >= 15 is 0 Å². The van der Waals surface area contributed by atoms with Crippen molar-refractivity contribution >= 4 is 5.91 Å². The Morgan fingerprint density at radius 3 is 3.12 bits per heavy atom. The summed E-state index contributed by atoms with van der Waals surface area (Å²) in [5.74, 6) is 1.54. The Kier molecular flexibility index (Phi) is 3.53. The van der Waals surface area contributed by atoms with Gasteiger partial charge in [0, 0.05) is 36.6 Å². The van der Waals surface area contributed by atoms with Gasteiger partial charge in [-0.25, -0.2) is 4.98 Å². The lowest BCUT2D eigenvalue weighted by Crippen LogP contribution is -2.28. The number of ether oxygens (including phenoxy) is 1. The van der Waals surface area contributed by atoms with Crippen LogP contribution >= 0.6 is 0 Å². The lowest BCUT2D eigenvalue weighted by atomic mass is 10.0. The highest BCUT2D eigenvalue weighted by molar-refractivity contribution is 5.96. The van der Waals surface area contributed by atoms with Gasteiger partial charge in [0.05, 0.1) is 0 Å². The van der Waals surface area contributed by atoms with E-state index in [4.69, 9.17) is 4.74 Å². The number of hydrogen-bond donors (Lipinski definition) is 2. The average molecular weight is 323 g/mol. The van der Waals surface area contributed by atoms with Crippen LogP contribution in [0.25, 0.3) is 11.3 Å². The molecule has 0 saturated heterocycles. The molecule has 122 valence electrons. The van der Waals surface area contributed by atoms with Crippen LogP contribution < -0.4 is 10.1 Å². The summed E-state index contributed by atoms with van der Waals surface area (Å²) in [6, 6.07) is 7.69. The maximum Gasteiger partial charge on any atom is 0.269 e. The van der Waals surface area contributed by atoms with Crippen molar-refractivity contribution in [2.45, 2.75) is 20.1 Å². The number of nitrogens with one attached hydrogen (secondary N) is 2. The smallest absolute Gasteiger partial charge is 0.269 e. The number of carbonyl (C=O) groups is 1. The first-order valence-corrected chi connectivity index (χ1v) is 7.79. The number of imidazole rings is 1. The molecule has 0 bridgehead atoms. The van der Waals surface area contributed by atoms with E-state index in [1.165, 1.54) is 0 Å². The summed E-state index contributed by atoms with van der Waals surface area (Å²) in [6.45, 7) is 3.46. The van der Waals surface area contributed by atoms with Crippen molar-refractivity contribution in [1.82, 2.24) is 25.1 Å². The first-order chi connectivity index (χ1) is 11.7. The molecule has 7 nitrogen and oxygen atoms in total. The van der Waals surface area contributed by atoms with Crippen molar-refractivity contribution in [3.63, 3.8) is 0 Å². The van der Waals surface area contributed by atoms with Crippen molar-refractivity contribution in [3.8, 4) is 17.0 Å². The topological polar surface area (TPSA) is 84.8 Å². The zero-order chi connectivity index (χ0) is 16.5. The second-order valence-corrected chi connectivity index (χ2v) is 5.63. The van der Waals surface area contributed by atoms with Gasteiger partial charge >= 0.3 is 0 Å². The molecule has 24 heavy (non-hydrogen) atoms. The van der Waals surface area contributed by atoms with Crippen molar-refractivity contribution in [2.24, 2.45) is 0 Å². The zero-order valence-electron chi connectivity index (χ0n) is 13.2. The third kappa shape index (κ3) is 2.44. The monoisotopic (exact) mass is 323 g/mol. The average Bonchev–Trinajstić information content (AvgIpc) is 3.21. The van der Waals surface area contributed by atoms with E-state index in [0.717, 1.165) is 28.4 Å². The normalized spacial score (nSPS) is 12.2. The summed E-state index contributed by atoms with van der Waals surface area (Å²) in [5.41, 5.74) is 2.95. The van der Waals surface area contributed by atoms with Gasteiger partial charge in [0.25, 0.3) is 5.91 Å². The molecule has 2 aromatic heterocycles. The van der Waals surface area contributed by atoms with E-state index in [9.17, 15) is 4.79 Å². The Morgan fingerprint density at radius 1 is 1.42 bits per heavy atom. The molecule has 7 heteroatoms. The van der Waals surface area contributed by atoms with Gasteiger partial charge in [0.15, 0.2) is 0 Å².